The largest absolute Gasteiger partial charge is 0.328 e. The van der Waals surface area contributed by atoms with Gasteiger partial charge in [-0.15, -0.1) is 0 Å². The van der Waals surface area contributed by atoms with Gasteiger partial charge < -0.3 is 15.2 Å². The Hall–Kier alpha value is -3.41. The van der Waals surface area contributed by atoms with Crippen LogP contribution in [0.1, 0.15) is 40.6 Å². The molecule has 5 rings (SSSR count). The van der Waals surface area contributed by atoms with E-state index in [1.165, 1.54) is 5.56 Å². The van der Waals surface area contributed by atoms with Gasteiger partial charge in [-0.3, -0.25) is 4.79 Å². The molecule has 0 saturated carbocycles. The third-order valence-corrected chi connectivity index (χ3v) is 6.69. The molecule has 2 N–H and O–H groups in total. The maximum Gasteiger partial charge on any atom is 0.254 e. The lowest BCUT2D eigenvalue weighted by atomic mass is 10.1. The molecule has 0 aliphatic carbocycles. The van der Waals surface area contributed by atoms with Gasteiger partial charge in [0.25, 0.3) is 5.91 Å². The number of likely N-dealkylation sites (tertiary alicyclic amines) is 1. The van der Waals surface area contributed by atoms with E-state index in [1.54, 1.807) is 0 Å². The molecule has 1 unspecified atom stereocenters. The third kappa shape index (κ3) is 4.49. The first-order valence-electron chi connectivity index (χ1n) is 11.6. The first kappa shape index (κ1) is 22.4. The molecule has 5 nitrogen and oxygen atoms in total. The minimum absolute atomic E-state index is 0.00267. The van der Waals surface area contributed by atoms with E-state index in [-0.39, 0.29) is 18.0 Å². The van der Waals surface area contributed by atoms with Crippen LogP contribution in [0.2, 0.25) is 5.02 Å². The average molecular weight is 471 g/mol. The van der Waals surface area contributed by atoms with Crippen LogP contribution in [-0.4, -0.2) is 32.9 Å². The summed E-state index contributed by atoms with van der Waals surface area (Å²) >= 11 is 6.27. The Morgan fingerprint density at radius 3 is 2.41 bits per heavy atom. The summed E-state index contributed by atoms with van der Waals surface area (Å²) in [5.41, 5.74) is 9.76. The third-order valence-electron chi connectivity index (χ3n) is 6.45. The lowest BCUT2D eigenvalue weighted by Gasteiger charge is -2.30. The Kier molecular flexibility index (Phi) is 6.48. The molecule has 0 radical (unpaired) electrons. The van der Waals surface area contributed by atoms with Crippen LogP contribution in [0, 0.1) is 0 Å². The molecule has 1 fully saturated rings. The van der Waals surface area contributed by atoms with E-state index >= 15 is 0 Å². The minimum atomic E-state index is -0.155. The number of carbonyl (C=O) groups excluding carboxylic acids is 1. The molecule has 1 aliphatic rings. The second-order valence-electron chi connectivity index (χ2n) is 8.67. The molecule has 1 amide bonds. The molecule has 0 bridgehead atoms. The summed E-state index contributed by atoms with van der Waals surface area (Å²) < 4.78 is 2.17. The van der Waals surface area contributed by atoms with E-state index in [9.17, 15) is 4.79 Å². The standard InChI is InChI=1S/C28H27ClN4O/c29-23-13-7-12-22(16-23)25-19-32(18-20-8-3-1-4-9-20)27(31-25)26-15-14-24(17-30)33(26)28(34)21-10-5-2-6-11-21/h1-13,16,19,24,26H,14-15,17-18,30H2/t24?,26-/m1/s1. The van der Waals surface area contributed by atoms with Gasteiger partial charge in [-0.05, 0) is 42.7 Å². The number of halogens is 1. The first-order chi connectivity index (χ1) is 16.6. The number of nitrogens with two attached hydrogens (primary N) is 1. The van der Waals surface area contributed by atoms with Crippen LogP contribution in [0.15, 0.2) is 91.1 Å². The predicted octanol–water partition coefficient (Wildman–Crippen LogP) is 5.56. The van der Waals surface area contributed by atoms with Gasteiger partial charge in [-0.1, -0.05) is 72.3 Å². The van der Waals surface area contributed by atoms with Crippen LogP contribution in [0.4, 0.5) is 0 Å². The summed E-state index contributed by atoms with van der Waals surface area (Å²) in [5.74, 6) is 0.871. The minimum Gasteiger partial charge on any atom is -0.328 e. The summed E-state index contributed by atoms with van der Waals surface area (Å²) in [7, 11) is 0. The van der Waals surface area contributed by atoms with Crippen molar-refractivity contribution in [2.75, 3.05) is 6.54 Å². The molecule has 2 atom stereocenters. The van der Waals surface area contributed by atoms with Crippen molar-refractivity contribution >= 4 is 17.5 Å². The number of carbonyl (C=O) groups is 1. The smallest absolute Gasteiger partial charge is 0.254 e. The summed E-state index contributed by atoms with van der Waals surface area (Å²) in [6.45, 7) is 1.09. The molecular weight excluding hydrogens is 444 g/mol. The van der Waals surface area contributed by atoms with Gasteiger partial charge in [-0.2, -0.15) is 0 Å². The molecule has 6 heteroatoms. The Bertz CT molecular complexity index is 1270. The molecule has 172 valence electrons. The zero-order valence-electron chi connectivity index (χ0n) is 18.8. The van der Waals surface area contributed by atoms with Gasteiger partial charge in [0.1, 0.15) is 5.82 Å². The van der Waals surface area contributed by atoms with Gasteiger partial charge in [0.15, 0.2) is 0 Å². The Morgan fingerprint density at radius 2 is 1.71 bits per heavy atom. The Balaban J connectivity index is 1.58. The first-order valence-corrected chi connectivity index (χ1v) is 12.0. The molecule has 4 aromatic rings. The highest BCUT2D eigenvalue weighted by Crippen LogP contribution is 2.38. The van der Waals surface area contributed by atoms with Crippen LogP contribution < -0.4 is 5.73 Å². The molecular formula is C28H27ClN4O. The van der Waals surface area contributed by atoms with Crippen LogP contribution >= 0.6 is 11.6 Å². The molecule has 34 heavy (non-hydrogen) atoms. The molecule has 1 aromatic heterocycles. The quantitative estimate of drug-likeness (QED) is 0.401. The molecule has 3 aromatic carbocycles. The van der Waals surface area contributed by atoms with Gasteiger partial charge in [0.2, 0.25) is 0 Å². The van der Waals surface area contributed by atoms with Crippen molar-refractivity contribution in [1.82, 2.24) is 14.5 Å². The highest BCUT2D eigenvalue weighted by molar-refractivity contribution is 6.30. The van der Waals surface area contributed by atoms with Crippen molar-refractivity contribution in [2.45, 2.75) is 31.5 Å². The van der Waals surface area contributed by atoms with Crippen LogP contribution in [-0.2, 0) is 6.54 Å². The van der Waals surface area contributed by atoms with Gasteiger partial charge in [0.05, 0.1) is 11.7 Å². The summed E-state index contributed by atoms with van der Waals surface area (Å²) in [6.07, 6.45) is 3.74. The zero-order chi connectivity index (χ0) is 23.5. The fourth-order valence-electron chi connectivity index (χ4n) is 4.79. The number of aromatic nitrogens is 2. The second kappa shape index (κ2) is 9.84. The monoisotopic (exact) mass is 470 g/mol. The van der Waals surface area contributed by atoms with Crippen LogP contribution in [0.25, 0.3) is 11.3 Å². The number of benzene rings is 3. The van der Waals surface area contributed by atoms with Gasteiger partial charge in [-0.25, -0.2) is 4.98 Å². The number of hydrogen-bond donors (Lipinski definition) is 1. The van der Waals surface area contributed by atoms with E-state index in [4.69, 9.17) is 22.3 Å². The average Bonchev–Trinajstić information content (AvgIpc) is 3.49. The van der Waals surface area contributed by atoms with Crippen molar-refractivity contribution in [1.29, 1.82) is 0 Å². The van der Waals surface area contributed by atoms with E-state index in [0.717, 1.165) is 29.9 Å². The SMILES string of the molecule is NCC1CC[C@H](c2nc(-c3cccc(Cl)c3)cn2Cc2ccccc2)N1C(=O)c1ccccc1. The predicted molar refractivity (Wildman–Crippen MR) is 136 cm³/mol. The number of hydrogen-bond acceptors (Lipinski definition) is 3. The number of imidazole rings is 1. The maximum atomic E-state index is 13.6. The fraction of sp³-hybridized carbons (Fsp3) is 0.214. The van der Waals surface area contributed by atoms with Crippen molar-refractivity contribution in [3.8, 4) is 11.3 Å². The van der Waals surface area contributed by atoms with E-state index in [0.29, 0.717) is 23.7 Å². The van der Waals surface area contributed by atoms with E-state index in [1.807, 2.05) is 77.7 Å². The molecule has 1 saturated heterocycles. The van der Waals surface area contributed by atoms with Crippen molar-refractivity contribution in [3.05, 3.63) is 113 Å². The molecule has 1 aliphatic heterocycles. The number of nitrogens with zero attached hydrogens (tertiary/aromatic N) is 3. The molecule has 2 heterocycles. The normalized spacial score (nSPS) is 17.8. The van der Waals surface area contributed by atoms with Crippen molar-refractivity contribution in [3.63, 3.8) is 0 Å². The lowest BCUT2D eigenvalue weighted by molar-refractivity contribution is 0.0661. The maximum absolute atomic E-state index is 13.6. The highest BCUT2D eigenvalue weighted by Gasteiger charge is 2.39. The summed E-state index contributed by atoms with van der Waals surface area (Å²) in [4.78, 5) is 20.6. The topological polar surface area (TPSA) is 64.2 Å². The van der Waals surface area contributed by atoms with Crippen molar-refractivity contribution < 1.29 is 4.79 Å². The summed E-state index contributed by atoms with van der Waals surface area (Å²) in [6, 6.07) is 27.3. The van der Waals surface area contributed by atoms with Crippen LogP contribution in [0.5, 0.6) is 0 Å². The van der Waals surface area contributed by atoms with E-state index in [2.05, 4.69) is 22.9 Å². The van der Waals surface area contributed by atoms with Gasteiger partial charge in [0, 0.05) is 41.5 Å². The van der Waals surface area contributed by atoms with Crippen molar-refractivity contribution in [2.24, 2.45) is 5.73 Å². The summed E-state index contributed by atoms with van der Waals surface area (Å²) in [5, 5.41) is 0.668. The second-order valence-corrected chi connectivity index (χ2v) is 9.11. The van der Waals surface area contributed by atoms with Crippen LogP contribution in [0.3, 0.4) is 0 Å². The fourth-order valence-corrected chi connectivity index (χ4v) is 4.99. The Labute approximate surface area is 204 Å². The van der Waals surface area contributed by atoms with E-state index < -0.39 is 0 Å². The Morgan fingerprint density at radius 1 is 0.971 bits per heavy atom. The zero-order valence-corrected chi connectivity index (χ0v) is 19.6. The number of rotatable bonds is 6. The van der Waals surface area contributed by atoms with Gasteiger partial charge >= 0.3 is 0 Å². The highest BCUT2D eigenvalue weighted by atomic mass is 35.5. The lowest BCUT2D eigenvalue weighted by Crippen LogP contribution is -2.42. The number of amides is 1. The molecule has 0 spiro atoms.